The Labute approximate surface area is 122 Å². The molecule has 2 aliphatic rings. The van der Waals surface area contributed by atoms with Crippen LogP contribution in [-0.2, 0) is 4.74 Å². The zero-order chi connectivity index (χ0) is 13.5. The van der Waals surface area contributed by atoms with Gasteiger partial charge in [-0.2, -0.15) is 0 Å². The van der Waals surface area contributed by atoms with E-state index in [0.717, 1.165) is 30.8 Å². The molecule has 0 saturated carbocycles. The molecule has 0 aromatic carbocycles. The first kappa shape index (κ1) is 15.0. The predicted molar refractivity (Wildman–Crippen MR) is 82.5 cm³/mol. The smallest absolute Gasteiger partial charge is 0.169 e. The monoisotopic (exact) mass is 285 g/mol. The Morgan fingerprint density at radius 2 is 1.84 bits per heavy atom. The Bertz CT molecular complexity index is 274. The van der Waals surface area contributed by atoms with Gasteiger partial charge in [0, 0.05) is 32.8 Å². The molecule has 5 heteroatoms. The molecule has 1 N–H and O–H groups in total. The Morgan fingerprint density at radius 3 is 2.47 bits per heavy atom. The molecule has 2 saturated heterocycles. The van der Waals surface area contributed by atoms with E-state index < -0.39 is 0 Å². The van der Waals surface area contributed by atoms with Gasteiger partial charge in [-0.05, 0) is 51.0 Å². The van der Waals surface area contributed by atoms with Gasteiger partial charge in [-0.1, -0.05) is 6.42 Å². The highest BCUT2D eigenvalue weighted by Crippen LogP contribution is 2.20. The molecule has 110 valence electrons. The fraction of sp³-hybridized carbons (Fsp3) is 0.929. The van der Waals surface area contributed by atoms with E-state index in [1.807, 2.05) is 0 Å². The summed E-state index contributed by atoms with van der Waals surface area (Å²) in [5.41, 5.74) is 0. The van der Waals surface area contributed by atoms with E-state index in [1.54, 1.807) is 7.11 Å². The standard InChI is InChI=1S/C14H27N3OS/c1-18-12-7-15-14(19)17-10-5-13(6-11-17)16-8-3-2-4-9-16/h13H,2-12H2,1H3,(H,15,19). The molecule has 19 heavy (non-hydrogen) atoms. The van der Waals surface area contributed by atoms with Crippen molar-refractivity contribution in [2.24, 2.45) is 0 Å². The SMILES string of the molecule is COCCNC(=S)N1CCC(N2CCCCC2)CC1. The molecule has 0 amide bonds. The summed E-state index contributed by atoms with van der Waals surface area (Å²) in [4.78, 5) is 5.01. The van der Waals surface area contributed by atoms with E-state index in [2.05, 4.69) is 15.1 Å². The van der Waals surface area contributed by atoms with Crippen molar-refractivity contribution in [3.63, 3.8) is 0 Å². The largest absolute Gasteiger partial charge is 0.383 e. The number of nitrogens with zero attached hydrogens (tertiary/aromatic N) is 2. The van der Waals surface area contributed by atoms with Gasteiger partial charge in [0.05, 0.1) is 6.61 Å². The van der Waals surface area contributed by atoms with Gasteiger partial charge in [0.25, 0.3) is 0 Å². The fourth-order valence-electron chi connectivity index (χ4n) is 3.09. The van der Waals surface area contributed by atoms with Crippen molar-refractivity contribution in [1.29, 1.82) is 0 Å². The second-order valence-corrected chi connectivity index (χ2v) is 5.93. The lowest BCUT2D eigenvalue weighted by molar-refractivity contribution is 0.114. The van der Waals surface area contributed by atoms with Crippen LogP contribution in [0.25, 0.3) is 0 Å². The Balaban J connectivity index is 1.68. The molecule has 0 bridgehead atoms. The van der Waals surface area contributed by atoms with Crippen molar-refractivity contribution in [2.45, 2.75) is 38.1 Å². The molecule has 0 aromatic heterocycles. The second kappa shape index (κ2) is 8.02. The van der Waals surface area contributed by atoms with Crippen molar-refractivity contribution in [3.8, 4) is 0 Å². The summed E-state index contributed by atoms with van der Waals surface area (Å²) in [7, 11) is 1.72. The summed E-state index contributed by atoms with van der Waals surface area (Å²) in [5.74, 6) is 0. The summed E-state index contributed by atoms with van der Waals surface area (Å²) in [6.45, 7) is 6.33. The van der Waals surface area contributed by atoms with E-state index in [-0.39, 0.29) is 0 Å². The van der Waals surface area contributed by atoms with Crippen molar-refractivity contribution in [3.05, 3.63) is 0 Å². The van der Waals surface area contributed by atoms with E-state index in [4.69, 9.17) is 17.0 Å². The van der Waals surface area contributed by atoms with Gasteiger partial charge in [0.1, 0.15) is 0 Å². The van der Waals surface area contributed by atoms with Crippen LogP contribution in [0.5, 0.6) is 0 Å². The molecule has 0 radical (unpaired) electrons. The molecule has 4 nitrogen and oxygen atoms in total. The molecule has 0 spiro atoms. The summed E-state index contributed by atoms with van der Waals surface area (Å²) in [6.07, 6.45) is 6.70. The molecule has 2 fully saturated rings. The van der Waals surface area contributed by atoms with Crippen LogP contribution in [0, 0.1) is 0 Å². The minimum atomic E-state index is 0.713. The third-order valence-corrected chi connectivity index (χ3v) is 4.64. The number of hydrogen-bond donors (Lipinski definition) is 1. The number of rotatable bonds is 4. The first-order chi connectivity index (χ1) is 9.31. The van der Waals surface area contributed by atoms with Crippen molar-refractivity contribution in [2.75, 3.05) is 46.4 Å². The van der Waals surface area contributed by atoms with Crippen LogP contribution in [0.3, 0.4) is 0 Å². The van der Waals surface area contributed by atoms with Crippen LogP contribution in [0.1, 0.15) is 32.1 Å². The highest BCUT2D eigenvalue weighted by molar-refractivity contribution is 7.80. The normalized spacial score (nSPS) is 22.5. The van der Waals surface area contributed by atoms with Gasteiger partial charge < -0.3 is 19.9 Å². The topological polar surface area (TPSA) is 27.7 Å². The van der Waals surface area contributed by atoms with Crippen LogP contribution < -0.4 is 5.32 Å². The molecule has 2 aliphatic heterocycles. The van der Waals surface area contributed by atoms with E-state index in [1.165, 1.54) is 45.2 Å². The summed E-state index contributed by atoms with van der Waals surface area (Å²) in [6, 6.07) is 0.790. The zero-order valence-electron chi connectivity index (χ0n) is 12.1. The Morgan fingerprint density at radius 1 is 1.16 bits per heavy atom. The number of likely N-dealkylation sites (tertiary alicyclic amines) is 2. The maximum Gasteiger partial charge on any atom is 0.169 e. The predicted octanol–water partition coefficient (Wildman–Crippen LogP) is 1.46. The van der Waals surface area contributed by atoms with Crippen LogP contribution in [-0.4, -0.2) is 67.4 Å². The number of methoxy groups -OCH3 is 1. The van der Waals surface area contributed by atoms with E-state index in [0.29, 0.717) is 6.61 Å². The van der Waals surface area contributed by atoms with Crippen LogP contribution in [0.15, 0.2) is 0 Å². The minimum Gasteiger partial charge on any atom is -0.383 e. The molecular weight excluding hydrogens is 258 g/mol. The van der Waals surface area contributed by atoms with E-state index >= 15 is 0 Å². The van der Waals surface area contributed by atoms with Crippen LogP contribution in [0.2, 0.25) is 0 Å². The molecule has 0 atom stereocenters. The maximum atomic E-state index is 5.43. The van der Waals surface area contributed by atoms with Crippen molar-refractivity contribution >= 4 is 17.3 Å². The summed E-state index contributed by atoms with van der Waals surface area (Å²) in [5, 5.41) is 4.16. The van der Waals surface area contributed by atoms with Gasteiger partial charge in [-0.25, -0.2) is 0 Å². The lowest BCUT2D eigenvalue weighted by atomic mass is 10.0. The lowest BCUT2D eigenvalue weighted by Crippen LogP contribution is -2.50. The van der Waals surface area contributed by atoms with E-state index in [9.17, 15) is 0 Å². The third kappa shape index (κ3) is 4.58. The minimum absolute atomic E-state index is 0.713. The van der Waals surface area contributed by atoms with Gasteiger partial charge in [0.15, 0.2) is 5.11 Å². The highest BCUT2D eigenvalue weighted by Gasteiger charge is 2.26. The Kier molecular flexibility index (Phi) is 6.34. The number of piperidine rings is 2. The highest BCUT2D eigenvalue weighted by atomic mass is 32.1. The molecule has 2 heterocycles. The zero-order valence-corrected chi connectivity index (χ0v) is 12.9. The average molecular weight is 285 g/mol. The number of ether oxygens (including phenoxy) is 1. The average Bonchev–Trinajstić information content (AvgIpc) is 2.48. The van der Waals surface area contributed by atoms with Gasteiger partial charge in [-0.15, -0.1) is 0 Å². The number of nitrogens with one attached hydrogen (secondary N) is 1. The number of hydrogen-bond acceptors (Lipinski definition) is 3. The van der Waals surface area contributed by atoms with Gasteiger partial charge >= 0.3 is 0 Å². The molecule has 2 rings (SSSR count). The first-order valence-corrected chi connectivity index (χ1v) is 7.98. The third-order valence-electron chi connectivity index (χ3n) is 4.24. The second-order valence-electron chi connectivity index (χ2n) is 5.54. The fourth-order valence-corrected chi connectivity index (χ4v) is 3.37. The Hall–Kier alpha value is -0.390. The lowest BCUT2D eigenvalue weighted by Gasteiger charge is -2.41. The van der Waals surface area contributed by atoms with Crippen molar-refractivity contribution < 1.29 is 4.74 Å². The quantitative estimate of drug-likeness (QED) is 0.623. The van der Waals surface area contributed by atoms with Crippen LogP contribution in [0.4, 0.5) is 0 Å². The maximum absolute atomic E-state index is 5.43. The molecule has 0 unspecified atom stereocenters. The van der Waals surface area contributed by atoms with Crippen molar-refractivity contribution in [1.82, 2.24) is 15.1 Å². The first-order valence-electron chi connectivity index (χ1n) is 7.57. The van der Waals surface area contributed by atoms with Gasteiger partial charge in [-0.3, -0.25) is 0 Å². The summed E-state index contributed by atoms with van der Waals surface area (Å²) < 4.78 is 5.03. The molecule has 0 aliphatic carbocycles. The van der Waals surface area contributed by atoms with Gasteiger partial charge in [0.2, 0.25) is 0 Å². The number of thiocarbonyl (C=S) groups is 1. The molecular formula is C14H27N3OS. The van der Waals surface area contributed by atoms with Crippen LogP contribution >= 0.6 is 12.2 Å². The summed E-state index contributed by atoms with van der Waals surface area (Å²) >= 11 is 5.43. The molecule has 0 aromatic rings.